The number of hydrogen-bond donors (Lipinski definition) is 0. The Morgan fingerprint density at radius 1 is 0.828 bits per heavy atom. The molecule has 4 rings (SSSR count). The molecule has 1 aromatic carbocycles. The molecular formula is C27H36F2. The van der Waals surface area contributed by atoms with Crippen molar-refractivity contribution in [3.8, 4) is 0 Å². The minimum absolute atomic E-state index is 0.103. The minimum atomic E-state index is -0.183. The van der Waals surface area contributed by atoms with Crippen LogP contribution in [0.3, 0.4) is 0 Å². The number of halogens is 2. The van der Waals surface area contributed by atoms with Gasteiger partial charge in [-0.3, -0.25) is 0 Å². The summed E-state index contributed by atoms with van der Waals surface area (Å²) in [6, 6.07) is 5.77. The molecule has 0 heterocycles. The van der Waals surface area contributed by atoms with Gasteiger partial charge in [0, 0.05) is 12.3 Å². The van der Waals surface area contributed by atoms with Crippen molar-refractivity contribution in [2.75, 3.05) is 0 Å². The summed E-state index contributed by atoms with van der Waals surface area (Å²) in [6.07, 6.45) is 12.9. The highest BCUT2D eigenvalue weighted by molar-refractivity contribution is 5.41. The standard InChI is InChI=1S/C27H36F2/c1-17-4-6-20(7-5-17)21-8-10-22(11-9-21)23-12-13-25(27(29)15-23)24-14-18(2)19(3)26(28)16-24/h12-15,17,20-22,24H,4-11,16H2,1-3H3. The lowest BCUT2D eigenvalue weighted by Gasteiger charge is -2.37. The molecule has 0 radical (unpaired) electrons. The third kappa shape index (κ3) is 4.52. The Kier molecular flexibility index (Phi) is 6.27. The highest BCUT2D eigenvalue weighted by Gasteiger charge is 2.31. The van der Waals surface area contributed by atoms with Crippen LogP contribution < -0.4 is 0 Å². The predicted octanol–water partition coefficient (Wildman–Crippen LogP) is 8.60. The summed E-state index contributed by atoms with van der Waals surface area (Å²) < 4.78 is 29.2. The van der Waals surface area contributed by atoms with E-state index in [0.29, 0.717) is 17.1 Å². The Hall–Kier alpha value is -1.44. The maximum atomic E-state index is 15.0. The van der Waals surface area contributed by atoms with E-state index in [-0.39, 0.29) is 24.0 Å². The Morgan fingerprint density at radius 3 is 2.03 bits per heavy atom. The Labute approximate surface area is 175 Å². The third-order valence-corrected chi connectivity index (χ3v) is 8.24. The molecule has 0 spiro atoms. The van der Waals surface area contributed by atoms with Gasteiger partial charge in [0.05, 0.1) is 0 Å². The van der Waals surface area contributed by atoms with Gasteiger partial charge in [-0.05, 0) is 104 Å². The van der Waals surface area contributed by atoms with Crippen molar-refractivity contribution in [1.29, 1.82) is 0 Å². The predicted molar refractivity (Wildman–Crippen MR) is 117 cm³/mol. The van der Waals surface area contributed by atoms with Crippen LogP contribution in [-0.4, -0.2) is 0 Å². The lowest BCUT2D eigenvalue weighted by Crippen LogP contribution is -2.24. The van der Waals surface area contributed by atoms with Crippen molar-refractivity contribution in [3.05, 3.63) is 58.2 Å². The van der Waals surface area contributed by atoms with Gasteiger partial charge in [0.25, 0.3) is 0 Å². The Morgan fingerprint density at radius 2 is 1.45 bits per heavy atom. The molecule has 158 valence electrons. The molecule has 0 aromatic heterocycles. The zero-order valence-electron chi connectivity index (χ0n) is 18.3. The van der Waals surface area contributed by atoms with Crippen LogP contribution >= 0.6 is 0 Å². The molecule has 2 fully saturated rings. The van der Waals surface area contributed by atoms with E-state index in [1.54, 1.807) is 13.0 Å². The molecule has 0 amide bonds. The van der Waals surface area contributed by atoms with E-state index >= 15 is 0 Å². The second kappa shape index (κ2) is 8.74. The van der Waals surface area contributed by atoms with E-state index in [0.717, 1.165) is 28.9 Å². The van der Waals surface area contributed by atoms with Gasteiger partial charge < -0.3 is 0 Å². The molecule has 1 aromatic rings. The number of allylic oxidation sites excluding steroid dienone is 4. The normalized spacial score (nSPS) is 33.6. The molecule has 1 atom stereocenters. The zero-order chi connectivity index (χ0) is 20.5. The molecule has 0 bridgehead atoms. The fraction of sp³-hybridized carbons (Fsp3) is 0.630. The molecule has 3 aliphatic carbocycles. The summed E-state index contributed by atoms with van der Waals surface area (Å²) in [7, 11) is 0. The second-order valence-electron chi connectivity index (χ2n) is 10.1. The molecule has 0 nitrogen and oxygen atoms in total. The highest BCUT2D eigenvalue weighted by atomic mass is 19.1. The van der Waals surface area contributed by atoms with Gasteiger partial charge in [-0.15, -0.1) is 0 Å². The zero-order valence-corrected chi connectivity index (χ0v) is 18.3. The van der Waals surface area contributed by atoms with E-state index in [9.17, 15) is 8.78 Å². The van der Waals surface area contributed by atoms with Crippen molar-refractivity contribution < 1.29 is 8.78 Å². The fourth-order valence-corrected chi connectivity index (χ4v) is 6.02. The van der Waals surface area contributed by atoms with Gasteiger partial charge >= 0.3 is 0 Å². The lowest BCUT2D eigenvalue weighted by molar-refractivity contribution is 0.165. The average Bonchev–Trinajstić information content (AvgIpc) is 2.72. The van der Waals surface area contributed by atoms with Crippen LogP contribution in [0, 0.1) is 23.6 Å². The monoisotopic (exact) mass is 398 g/mol. The van der Waals surface area contributed by atoms with Crippen molar-refractivity contribution in [3.63, 3.8) is 0 Å². The first-order valence-electron chi connectivity index (χ1n) is 11.8. The summed E-state index contributed by atoms with van der Waals surface area (Å²) in [5.74, 6) is 2.77. The maximum absolute atomic E-state index is 15.0. The van der Waals surface area contributed by atoms with E-state index < -0.39 is 0 Å². The molecule has 3 aliphatic rings. The fourth-order valence-electron chi connectivity index (χ4n) is 6.02. The first kappa shape index (κ1) is 20.8. The second-order valence-corrected chi connectivity index (χ2v) is 10.1. The van der Waals surface area contributed by atoms with Crippen LogP contribution in [-0.2, 0) is 0 Å². The molecule has 1 unspecified atom stereocenters. The van der Waals surface area contributed by atoms with Crippen molar-refractivity contribution in [2.24, 2.45) is 17.8 Å². The van der Waals surface area contributed by atoms with Crippen LogP contribution in [0.4, 0.5) is 8.78 Å². The van der Waals surface area contributed by atoms with Crippen LogP contribution in [0.5, 0.6) is 0 Å². The molecular weight excluding hydrogens is 362 g/mol. The summed E-state index contributed by atoms with van der Waals surface area (Å²) in [6.45, 7) is 6.11. The average molecular weight is 399 g/mol. The smallest absolute Gasteiger partial charge is 0.127 e. The van der Waals surface area contributed by atoms with Crippen molar-refractivity contribution in [1.82, 2.24) is 0 Å². The quantitative estimate of drug-likeness (QED) is 0.478. The number of benzene rings is 1. The summed E-state index contributed by atoms with van der Waals surface area (Å²) in [5.41, 5.74) is 3.42. The first-order valence-corrected chi connectivity index (χ1v) is 11.8. The molecule has 0 aliphatic heterocycles. The molecule has 2 heteroatoms. The van der Waals surface area contributed by atoms with Crippen molar-refractivity contribution in [2.45, 2.75) is 90.4 Å². The van der Waals surface area contributed by atoms with Crippen LogP contribution in [0.15, 0.2) is 41.2 Å². The topological polar surface area (TPSA) is 0 Å². The Balaban J connectivity index is 1.39. The van der Waals surface area contributed by atoms with Gasteiger partial charge in [0.15, 0.2) is 0 Å². The largest absolute Gasteiger partial charge is 0.211 e. The van der Waals surface area contributed by atoms with E-state index in [4.69, 9.17) is 0 Å². The summed E-state index contributed by atoms with van der Waals surface area (Å²) in [4.78, 5) is 0. The van der Waals surface area contributed by atoms with Gasteiger partial charge in [0.1, 0.15) is 11.6 Å². The SMILES string of the molecule is CC1=CC(c2ccc(C3CCC(C4CCC(C)CC4)CC3)cc2F)CC(F)=C1C. The summed E-state index contributed by atoms with van der Waals surface area (Å²) in [5, 5.41) is 0. The van der Waals surface area contributed by atoms with Gasteiger partial charge in [-0.25, -0.2) is 8.78 Å². The van der Waals surface area contributed by atoms with Gasteiger partial charge in [-0.1, -0.05) is 38.0 Å². The van der Waals surface area contributed by atoms with E-state index in [2.05, 4.69) is 13.0 Å². The van der Waals surface area contributed by atoms with Gasteiger partial charge in [0.2, 0.25) is 0 Å². The summed E-state index contributed by atoms with van der Waals surface area (Å²) >= 11 is 0. The highest BCUT2D eigenvalue weighted by Crippen LogP contribution is 2.44. The van der Waals surface area contributed by atoms with Crippen molar-refractivity contribution >= 4 is 0 Å². The van der Waals surface area contributed by atoms with E-state index in [1.807, 2.05) is 19.1 Å². The van der Waals surface area contributed by atoms with Crippen LogP contribution in [0.2, 0.25) is 0 Å². The molecule has 0 saturated heterocycles. The van der Waals surface area contributed by atoms with Crippen LogP contribution in [0.25, 0.3) is 0 Å². The first-order chi connectivity index (χ1) is 13.9. The maximum Gasteiger partial charge on any atom is 0.127 e. The molecule has 2 saturated carbocycles. The van der Waals surface area contributed by atoms with E-state index in [1.165, 1.54) is 51.4 Å². The molecule has 29 heavy (non-hydrogen) atoms. The Bertz CT molecular complexity index is 787. The minimum Gasteiger partial charge on any atom is -0.211 e. The lowest BCUT2D eigenvalue weighted by atomic mass is 9.68. The number of rotatable bonds is 3. The molecule has 0 N–H and O–H groups in total. The van der Waals surface area contributed by atoms with Gasteiger partial charge in [-0.2, -0.15) is 0 Å². The van der Waals surface area contributed by atoms with Crippen LogP contribution in [0.1, 0.15) is 102 Å². The number of hydrogen-bond acceptors (Lipinski definition) is 0. The third-order valence-electron chi connectivity index (χ3n) is 8.24.